The van der Waals surface area contributed by atoms with E-state index in [1.807, 2.05) is 7.05 Å². The Morgan fingerprint density at radius 2 is 1.94 bits per heavy atom. The largest absolute Gasteiger partial charge is 0.469 e. The van der Waals surface area contributed by atoms with Crippen LogP contribution in [-0.4, -0.2) is 38.1 Å². The van der Waals surface area contributed by atoms with E-state index >= 15 is 0 Å². The zero-order chi connectivity index (χ0) is 13.5. The SMILES string of the molecule is COC(=O)CCN(C)CCc1ccc(C)c(C)c1. The van der Waals surface area contributed by atoms with Gasteiger partial charge in [-0.25, -0.2) is 0 Å². The summed E-state index contributed by atoms with van der Waals surface area (Å²) >= 11 is 0. The molecule has 0 N–H and O–H groups in total. The summed E-state index contributed by atoms with van der Waals surface area (Å²) in [5.74, 6) is -0.145. The van der Waals surface area contributed by atoms with Gasteiger partial charge in [-0.05, 0) is 44.0 Å². The fraction of sp³-hybridized carbons (Fsp3) is 0.533. The topological polar surface area (TPSA) is 29.5 Å². The number of methoxy groups -OCH3 is 1. The number of aryl methyl sites for hydroxylation is 2. The number of rotatable bonds is 6. The van der Waals surface area contributed by atoms with Crippen molar-refractivity contribution in [3.8, 4) is 0 Å². The molecule has 3 nitrogen and oxygen atoms in total. The number of ether oxygens (including phenoxy) is 1. The van der Waals surface area contributed by atoms with Gasteiger partial charge in [0.05, 0.1) is 13.5 Å². The number of esters is 1. The first kappa shape index (κ1) is 14.7. The Bertz CT molecular complexity index is 401. The van der Waals surface area contributed by atoms with E-state index in [9.17, 15) is 4.79 Å². The maximum atomic E-state index is 11.0. The molecule has 0 fully saturated rings. The highest BCUT2D eigenvalue weighted by atomic mass is 16.5. The molecule has 0 unspecified atom stereocenters. The Labute approximate surface area is 110 Å². The third-order valence-electron chi connectivity index (χ3n) is 3.28. The van der Waals surface area contributed by atoms with Crippen LogP contribution < -0.4 is 0 Å². The summed E-state index contributed by atoms with van der Waals surface area (Å²) in [5, 5.41) is 0. The minimum Gasteiger partial charge on any atom is -0.469 e. The van der Waals surface area contributed by atoms with Crippen LogP contribution in [0.1, 0.15) is 23.1 Å². The molecule has 1 rings (SSSR count). The van der Waals surface area contributed by atoms with Crippen molar-refractivity contribution in [2.24, 2.45) is 0 Å². The molecule has 0 saturated heterocycles. The van der Waals surface area contributed by atoms with Crippen LogP contribution in [-0.2, 0) is 16.0 Å². The second-order valence-corrected chi connectivity index (χ2v) is 4.80. The highest BCUT2D eigenvalue weighted by Gasteiger charge is 2.04. The Kier molecular flexibility index (Phi) is 5.86. The van der Waals surface area contributed by atoms with Crippen molar-refractivity contribution < 1.29 is 9.53 Å². The molecular weight excluding hydrogens is 226 g/mol. The van der Waals surface area contributed by atoms with E-state index in [4.69, 9.17) is 0 Å². The highest BCUT2D eigenvalue weighted by Crippen LogP contribution is 2.10. The Balaban J connectivity index is 2.35. The molecule has 1 aromatic rings. The van der Waals surface area contributed by atoms with Gasteiger partial charge in [0, 0.05) is 13.1 Å². The van der Waals surface area contributed by atoms with Crippen LogP contribution in [0.3, 0.4) is 0 Å². The van der Waals surface area contributed by atoms with Crippen LogP contribution in [0.2, 0.25) is 0 Å². The predicted molar refractivity (Wildman–Crippen MR) is 73.8 cm³/mol. The zero-order valence-corrected chi connectivity index (χ0v) is 11.8. The molecule has 1 aromatic carbocycles. The Morgan fingerprint density at radius 1 is 1.22 bits per heavy atom. The van der Waals surface area contributed by atoms with Gasteiger partial charge in [0.25, 0.3) is 0 Å². The molecule has 0 aliphatic carbocycles. The lowest BCUT2D eigenvalue weighted by Crippen LogP contribution is -2.24. The maximum Gasteiger partial charge on any atom is 0.306 e. The first-order chi connectivity index (χ1) is 8.52. The lowest BCUT2D eigenvalue weighted by atomic mass is 10.0. The smallest absolute Gasteiger partial charge is 0.306 e. The van der Waals surface area contributed by atoms with Gasteiger partial charge in [0.1, 0.15) is 0 Å². The van der Waals surface area contributed by atoms with Crippen molar-refractivity contribution in [3.63, 3.8) is 0 Å². The number of likely N-dealkylation sites (N-methyl/N-ethyl adjacent to an activating group) is 1. The summed E-state index contributed by atoms with van der Waals surface area (Å²) < 4.78 is 4.63. The zero-order valence-electron chi connectivity index (χ0n) is 11.8. The number of benzene rings is 1. The fourth-order valence-electron chi connectivity index (χ4n) is 1.77. The van der Waals surface area contributed by atoms with Gasteiger partial charge >= 0.3 is 5.97 Å². The standard InChI is InChI=1S/C15H23NO2/c1-12-5-6-14(11-13(12)2)7-9-16(3)10-8-15(17)18-4/h5-6,11H,7-10H2,1-4H3. The molecule has 0 aliphatic rings. The molecule has 0 saturated carbocycles. The van der Waals surface area contributed by atoms with E-state index in [2.05, 4.69) is 41.7 Å². The van der Waals surface area contributed by atoms with Crippen molar-refractivity contribution in [3.05, 3.63) is 34.9 Å². The lowest BCUT2D eigenvalue weighted by molar-refractivity contribution is -0.140. The van der Waals surface area contributed by atoms with Crippen molar-refractivity contribution in [2.45, 2.75) is 26.7 Å². The molecule has 0 bridgehead atoms. The first-order valence-corrected chi connectivity index (χ1v) is 6.34. The molecule has 18 heavy (non-hydrogen) atoms. The maximum absolute atomic E-state index is 11.0. The van der Waals surface area contributed by atoms with Crippen LogP contribution in [0.25, 0.3) is 0 Å². The van der Waals surface area contributed by atoms with Crippen LogP contribution >= 0.6 is 0 Å². The van der Waals surface area contributed by atoms with Crippen LogP contribution in [0.5, 0.6) is 0 Å². The van der Waals surface area contributed by atoms with Crippen molar-refractivity contribution in [1.29, 1.82) is 0 Å². The van der Waals surface area contributed by atoms with Gasteiger partial charge in [-0.2, -0.15) is 0 Å². The van der Waals surface area contributed by atoms with E-state index < -0.39 is 0 Å². The number of carbonyl (C=O) groups is 1. The molecule has 100 valence electrons. The lowest BCUT2D eigenvalue weighted by Gasteiger charge is -2.16. The minimum atomic E-state index is -0.145. The summed E-state index contributed by atoms with van der Waals surface area (Å²) in [6.07, 6.45) is 1.47. The molecule has 0 amide bonds. The first-order valence-electron chi connectivity index (χ1n) is 6.34. The van der Waals surface area contributed by atoms with Gasteiger partial charge in [-0.3, -0.25) is 4.79 Å². The van der Waals surface area contributed by atoms with Crippen molar-refractivity contribution in [2.75, 3.05) is 27.2 Å². The van der Waals surface area contributed by atoms with E-state index in [-0.39, 0.29) is 5.97 Å². The normalized spacial score (nSPS) is 10.7. The Hall–Kier alpha value is -1.35. The van der Waals surface area contributed by atoms with Crippen molar-refractivity contribution in [1.82, 2.24) is 4.90 Å². The third kappa shape index (κ3) is 4.88. The predicted octanol–water partition coefficient (Wildman–Crippen LogP) is 2.34. The third-order valence-corrected chi connectivity index (χ3v) is 3.28. The number of carbonyl (C=O) groups excluding carboxylic acids is 1. The second-order valence-electron chi connectivity index (χ2n) is 4.80. The second kappa shape index (κ2) is 7.17. The molecule has 0 radical (unpaired) electrons. The van der Waals surface area contributed by atoms with Gasteiger partial charge in [-0.15, -0.1) is 0 Å². The summed E-state index contributed by atoms with van der Waals surface area (Å²) in [6, 6.07) is 6.58. The van der Waals surface area contributed by atoms with Gasteiger partial charge in [0.2, 0.25) is 0 Å². The molecule has 0 aromatic heterocycles. The van der Waals surface area contributed by atoms with Crippen molar-refractivity contribution >= 4 is 5.97 Å². The fourth-order valence-corrected chi connectivity index (χ4v) is 1.77. The highest BCUT2D eigenvalue weighted by molar-refractivity contribution is 5.69. The molecule has 3 heteroatoms. The summed E-state index contributed by atoms with van der Waals surface area (Å²) in [7, 11) is 3.46. The van der Waals surface area contributed by atoms with E-state index in [0.717, 1.165) is 19.5 Å². The molecular formula is C15H23NO2. The van der Waals surface area contributed by atoms with E-state index in [0.29, 0.717) is 6.42 Å². The molecule has 0 atom stereocenters. The van der Waals surface area contributed by atoms with Crippen LogP contribution in [0, 0.1) is 13.8 Å². The molecule has 0 aliphatic heterocycles. The number of hydrogen-bond donors (Lipinski definition) is 0. The van der Waals surface area contributed by atoms with Gasteiger partial charge in [0.15, 0.2) is 0 Å². The average molecular weight is 249 g/mol. The van der Waals surface area contributed by atoms with Gasteiger partial charge in [-0.1, -0.05) is 18.2 Å². The summed E-state index contributed by atoms with van der Waals surface area (Å²) in [4.78, 5) is 13.2. The number of hydrogen-bond acceptors (Lipinski definition) is 3. The minimum absolute atomic E-state index is 0.145. The van der Waals surface area contributed by atoms with Crippen LogP contribution in [0.4, 0.5) is 0 Å². The summed E-state index contributed by atoms with van der Waals surface area (Å²) in [6.45, 7) is 5.97. The van der Waals surface area contributed by atoms with E-state index in [1.165, 1.54) is 23.8 Å². The number of nitrogens with zero attached hydrogens (tertiary/aromatic N) is 1. The van der Waals surface area contributed by atoms with Crippen LogP contribution in [0.15, 0.2) is 18.2 Å². The Morgan fingerprint density at radius 3 is 2.56 bits per heavy atom. The summed E-state index contributed by atoms with van der Waals surface area (Å²) in [5.41, 5.74) is 4.02. The monoisotopic (exact) mass is 249 g/mol. The average Bonchev–Trinajstić information content (AvgIpc) is 2.37. The van der Waals surface area contributed by atoms with E-state index in [1.54, 1.807) is 0 Å². The molecule has 0 heterocycles. The quantitative estimate of drug-likeness (QED) is 0.725. The molecule has 0 spiro atoms. The van der Waals surface area contributed by atoms with Gasteiger partial charge < -0.3 is 9.64 Å².